The number of fused-ring (bicyclic) bond motifs is 3. The standard InChI is InChI=1S/C37H43FN8O7S/c1-21-18-40-29(19-39-21)31(47)42-27-10-8-6-4-5-7-9-23-17-37(23,35(50)45-54(51,52)36(3)13-14-36)44-32(48)30-16-25(20-46(30)34(27)49)53-33-22(2)41-26-12-11-24(38)15-28(26)43-33/h7,9,11-12,15,18-19,23,25,27,30H,4-6,8,10,13-14,16-17,20H2,1-3H3,(H,42,47)(H,44,48)(H,45,50)/t23-,25-,27+,30+,37-/m1/s1. The number of benzene rings is 1. The smallest absolute Gasteiger partial charge is 0.272 e. The fraction of sp³-hybridized carbons (Fsp3) is 0.514. The highest BCUT2D eigenvalue weighted by Gasteiger charge is 2.63. The molecule has 7 rings (SSSR count). The lowest BCUT2D eigenvalue weighted by Gasteiger charge is -2.30. The van der Waals surface area contributed by atoms with Crippen LogP contribution in [0.15, 0.2) is 42.7 Å². The summed E-state index contributed by atoms with van der Waals surface area (Å²) in [6, 6.07) is 1.78. The van der Waals surface area contributed by atoms with Crippen LogP contribution in [0.3, 0.4) is 0 Å². The Bertz CT molecular complexity index is 2150. The second kappa shape index (κ2) is 14.3. The number of hydrogen-bond acceptors (Lipinski definition) is 11. The predicted octanol–water partition coefficient (Wildman–Crippen LogP) is 2.72. The van der Waals surface area contributed by atoms with E-state index in [9.17, 15) is 32.0 Å². The molecule has 4 amide bonds. The van der Waals surface area contributed by atoms with Crippen LogP contribution in [-0.4, -0.2) is 91.9 Å². The number of nitrogens with one attached hydrogen (secondary N) is 3. The minimum Gasteiger partial charge on any atom is -0.471 e. The lowest BCUT2D eigenvalue weighted by molar-refractivity contribution is -0.141. The quantitative estimate of drug-likeness (QED) is 0.299. The number of aromatic nitrogens is 4. The highest BCUT2D eigenvalue weighted by Crippen LogP contribution is 2.47. The summed E-state index contributed by atoms with van der Waals surface area (Å²) in [7, 11) is -4.01. The molecule has 2 aliphatic heterocycles. The van der Waals surface area contributed by atoms with Crippen molar-refractivity contribution < 1.29 is 36.7 Å². The zero-order valence-electron chi connectivity index (χ0n) is 30.3. The van der Waals surface area contributed by atoms with Crippen LogP contribution < -0.4 is 20.1 Å². The number of hydrogen-bond donors (Lipinski definition) is 3. The maximum absolute atomic E-state index is 14.5. The SMILES string of the molecule is Cc1cnc(C(=O)N[C@H]2CCCCCC=C[C@@H]3C[C@@]3(C(=O)NS(=O)(=O)C3(C)CC3)NC(=O)[C@@H]3C[C@@H](Oc4nc5cc(F)ccc5nc4C)CN3C2=O)cn1. The minimum atomic E-state index is -4.01. The van der Waals surface area contributed by atoms with E-state index in [0.717, 1.165) is 12.8 Å². The molecule has 2 aliphatic carbocycles. The van der Waals surface area contributed by atoms with Gasteiger partial charge in [-0.25, -0.2) is 27.8 Å². The lowest BCUT2D eigenvalue weighted by atomic mass is 10.0. The Morgan fingerprint density at radius 2 is 1.85 bits per heavy atom. The first kappa shape index (κ1) is 37.3. The van der Waals surface area contributed by atoms with Gasteiger partial charge in [0.25, 0.3) is 11.8 Å². The number of ether oxygens (including phenoxy) is 1. The molecule has 54 heavy (non-hydrogen) atoms. The van der Waals surface area contributed by atoms with Crippen molar-refractivity contribution in [2.45, 2.75) is 107 Å². The first-order chi connectivity index (χ1) is 25.7. The average Bonchev–Trinajstić information content (AvgIpc) is 4.01. The molecule has 0 radical (unpaired) electrons. The molecule has 15 nitrogen and oxygen atoms in total. The van der Waals surface area contributed by atoms with Gasteiger partial charge < -0.3 is 20.3 Å². The number of aryl methyl sites for hydroxylation is 2. The monoisotopic (exact) mass is 762 g/mol. The van der Waals surface area contributed by atoms with Gasteiger partial charge in [0.1, 0.15) is 40.9 Å². The number of carbonyl (C=O) groups is 4. The van der Waals surface area contributed by atoms with Crippen LogP contribution in [0.1, 0.15) is 86.6 Å². The van der Waals surface area contributed by atoms with Crippen molar-refractivity contribution in [1.82, 2.24) is 40.2 Å². The summed E-state index contributed by atoms with van der Waals surface area (Å²) in [4.78, 5) is 74.6. The van der Waals surface area contributed by atoms with Gasteiger partial charge >= 0.3 is 0 Å². The Kier molecular flexibility index (Phi) is 9.87. The van der Waals surface area contributed by atoms with Gasteiger partial charge in [-0.15, -0.1) is 0 Å². The summed E-state index contributed by atoms with van der Waals surface area (Å²) in [5.41, 5.74) is 0.212. The van der Waals surface area contributed by atoms with Crippen LogP contribution in [0.25, 0.3) is 11.0 Å². The molecule has 2 saturated carbocycles. The molecule has 286 valence electrons. The van der Waals surface area contributed by atoms with E-state index in [1.54, 1.807) is 20.8 Å². The van der Waals surface area contributed by atoms with Gasteiger partial charge in [0.05, 0.1) is 34.2 Å². The molecule has 3 fully saturated rings. The van der Waals surface area contributed by atoms with Crippen LogP contribution in [0.4, 0.5) is 4.39 Å². The third kappa shape index (κ3) is 7.50. The Balaban J connectivity index is 1.20. The Labute approximate surface area is 312 Å². The van der Waals surface area contributed by atoms with Gasteiger partial charge in [-0.1, -0.05) is 25.0 Å². The zero-order valence-corrected chi connectivity index (χ0v) is 31.1. The first-order valence-corrected chi connectivity index (χ1v) is 19.7. The topological polar surface area (TPSA) is 203 Å². The van der Waals surface area contributed by atoms with Crippen molar-refractivity contribution >= 4 is 44.7 Å². The van der Waals surface area contributed by atoms with Crippen LogP contribution in [0, 0.1) is 25.6 Å². The summed E-state index contributed by atoms with van der Waals surface area (Å²) in [5, 5.41) is 5.65. The second-order valence-electron chi connectivity index (χ2n) is 15.0. The Morgan fingerprint density at radius 1 is 1.06 bits per heavy atom. The van der Waals surface area contributed by atoms with Crippen LogP contribution in [0.2, 0.25) is 0 Å². The molecule has 0 bridgehead atoms. The highest BCUT2D eigenvalue weighted by atomic mass is 32.2. The highest BCUT2D eigenvalue weighted by molar-refractivity contribution is 7.91. The number of rotatable bonds is 7. The summed E-state index contributed by atoms with van der Waals surface area (Å²) < 4.78 is 47.7. The molecule has 0 unspecified atom stereocenters. The van der Waals surface area contributed by atoms with Crippen LogP contribution >= 0.6 is 0 Å². The Hall–Kier alpha value is -5.06. The third-order valence-corrected chi connectivity index (χ3v) is 13.0. The molecule has 1 aromatic carbocycles. The fourth-order valence-electron chi connectivity index (χ4n) is 7.06. The van der Waals surface area contributed by atoms with Crippen molar-refractivity contribution in [2.75, 3.05) is 6.54 Å². The normalized spacial score (nSPS) is 26.8. The van der Waals surface area contributed by atoms with Crippen molar-refractivity contribution in [3.05, 3.63) is 65.6 Å². The molecule has 4 aliphatic rings. The lowest BCUT2D eigenvalue weighted by Crippen LogP contribution is -2.58. The van der Waals surface area contributed by atoms with Crippen LogP contribution in [0.5, 0.6) is 5.88 Å². The van der Waals surface area contributed by atoms with Gasteiger partial charge in [0.2, 0.25) is 27.7 Å². The van der Waals surface area contributed by atoms with E-state index < -0.39 is 73.9 Å². The van der Waals surface area contributed by atoms with E-state index in [0.29, 0.717) is 42.6 Å². The van der Waals surface area contributed by atoms with Crippen molar-refractivity contribution in [3.63, 3.8) is 0 Å². The average molecular weight is 763 g/mol. The third-order valence-electron chi connectivity index (χ3n) is 10.8. The van der Waals surface area contributed by atoms with Gasteiger partial charge in [-0.05, 0) is 71.4 Å². The van der Waals surface area contributed by atoms with E-state index in [2.05, 4.69) is 35.3 Å². The van der Waals surface area contributed by atoms with Crippen molar-refractivity contribution in [1.29, 1.82) is 0 Å². The van der Waals surface area contributed by atoms with E-state index >= 15 is 0 Å². The number of sulfonamides is 1. The number of allylic oxidation sites excluding steroid dienone is 1. The van der Waals surface area contributed by atoms with E-state index in [-0.39, 0.29) is 42.9 Å². The molecular weight excluding hydrogens is 720 g/mol. The number of halogens is 1. The van der Waals surface area contributed by atoms with E-state index in [1.807, 2.05) is 12.2 Å². The molecule has 4 heterocycles. The maximum Gasteiger partial charge on any atom is 0.272 e. The van der Waals surface area contributed by atoms with E-state index in [1.165, 1.54) is 35.5 Å². The first-order valence-electron chi connectivity index (χ1n) is 18.2. The molecule has 17 heteroatoms. The number of carbonyl (C=O) groups excluding carboxylic acids is 4. The Morgan fingerprint density at radius 3 is 2.59 bits per heavy atom. The predicted molar refractivity (Wildman–Crippen MR) is 193 cm³/mol. The van der Waals surface area contributed by atoms with Gasteiger partial charge in [0.15, 0.2) is 0 Å². The van der Waals surface area contributed by atoms with Crippen LogP contribution in [-0.2, 0) is 24.4 Å². The number of nitrogens with zero attached hydrogens (tertiary/aromatic N) is 5. The van der Waals surface area contributed by atoms with Crippen molar-refractivity contribution in [3.8, 4) is 5.88 Å². The molecule has 3 N–H and O–H groups in total. The summed E-state index contributed by atoms with van der Waals surface area (Å²) in [6.45, 7) is 4.89. The molecule has 3 aromatic rings. The molecule has 5 atom stereocenters. The minimum absolute atomic E-state index is 0.0240. The van der Waals surface area contributed by atoms with Gasteiger partial charge in [-0.3, -0.25) is 28.9 Å². The van der Waals surface area contributed by atoms with Gasteiger partial charge in [0, 0.05) is 24.6 Å². The molecule has 2 aromatic heterocycles. The van der Waals surface area contributed by atoms with Crippen molar-refractivity contribution in [2.24, 2.45) is 5.92 Å². The maximum atomic E-state index is 14.5. The van der Waals surface area contributed by atoms with E-state index in [4.69, 9.17) is 4.74 Å². The molecule has 1 saturated heterocycles. The molecule has 0 spiro atoms. The number of amides is 4. The second-order valence-corrected chi connectivity index (χ2v) is 17.2. The molecular formula is C37H43FN8O7S. The zero-order chi connectivity index (χ0) is 38.4. The summed E-state index contributed by atoms with van der Waals surface area (Å²) in [6.07, 6.45) is 9.74. The fourth-order valence-corrected chi connectivity index (χ4v) is 8.37. The van der Waals surface area contributed by atoms with Gasteiger partial charge in [-0.2, -0.15) is 0 Å². The summed E-state index contributed by atoms with van der Waals surface area (Å²) >= 11 is 0. The summed E-state index contributed by atoms with van der Waals surface area (Å²) in [5.74, 6) is -3.53. The largest absolute Gasteiger partial charge is 0.471 e.